The van der Waals surface area contributed by atoms with E-state index in [-0.39, 0.29) is 37.7 Å². The van der Waals surface area contributed by atoms with Gasteiger partial charge in [-0.2, -0.15) is 0 Å². The molecule has 0 aromatic heterocycles. The van der Waals surface area contributed by atoms with Crippen molar-refractivity contribution in [2.24, 2.45) is 0 Å². The summed E-state index contributed by atoms with van der Waals surface area (Å²) in [6, 6.07) is 12.4. The van der Waals surface area contributed by atoms with Gasteiger partial charge in [0.25, 0.3) is 0 Å². The normalized spacial score (nSPS) is 18.8. The summed E-state index contributed by atoms with van der Waals surface area (Å²) in [5.41, 5.74) is 0.906. The Kier molecular flexibility index (Phi) is 13.0. The van der Waals surface area contributed by atoms with Crippen molar-refractivity contribution in [1.82, 2.24) is 10.2 Å². The second-order valence-electron chi connectivity index (χ2n) is 10.8. The smallest absolute Gasteiger partial charge is 0.332 e. The largest absolute Gasteiger partial charge is 0.493 e. The van der Waals surface area contributed by atoms with Crippen molar-refractivity contribution in [3.8, 4) is 11.5 Å². The van der Waals surface area contributed by atoms with Crippen LogP contribution in [0.3, 0.4) is 0 Å². The number of esters is 1. The minimum atomic E-state index is -1.19. The molecule has 2 aromatic carbocycles. The molecule has 1 aliphatic rings. The monoisotopic (exact) mass is 612 g/mol. The van der Waals surface area contributed by atoms with Crippen molar-refractivity contribution in [3.63, 3.8) is 0 Å². The predicted octanol–water partition coefficient (Wildman–Crippen LogP) is 6.04. The van der Waals surface area contributed by atoms with Gasteiger partial charge in [-0.05, 0) is 71.7 Å². The third-order valence-electron chi connectivity index (χ3n) is 7.79. The first-order valence-electron chi connectivity index (χ1n) is 15.6. The lowest BCUT2D eigenvalue weighted by atomic mass is 9.74. The maximum absolute atomic E-state index is 14.1. The van der Waals surface area contributed by atoms with E-state index < -0.39 is 23.6 Å². The Hall–Kier alpha value is -3.63. The first-order valence-corrected chi connectivity index (χ1v) is 15.6. The third kappa shape index (κ3) is 8.51. The minimum Gasteiger partial charge on any atom is -0.493 e. The molecule has 3 rings (SSSR count). The second kappa shape index (κ2) is 16.4. The number of ether oxygens (including phenoxy) is 5. The second-order valence-corrected chi connectivity index (χ2v) is 10.8. The number of nitrogens with one attached hydrogen (secondary N) is 1. The van der Waals surface area contributed by atoms with Crippen LogP contribution < -0.4 is 14.8 Å². The fraction of sp³-hybridized carbons (Fsp3) is 0.559. The van der Waals surface area contributed by atoms with Crippen LogP contribution in [0.2, 0.25) is 0 Å². The van der Waals surface area contributed by atoms with Gasteiger partial charge in [-0.1, -0.05) is 30.3 Å². The molecule has 2 atom stereocenters. The topological polar surface area (TPSA) is 113 Å². The average molecular weight is 613 g/mol. The predicted molar refractivity (Wildman–Crippen MR) is 167 cm³/mol. The molecule has 0 bridgehead atoms. The van der Waals surface area contributed by atoms with Crippen LogP contribution in [0.1, 0.15) is 94.9 Å². The Morgan fingerprint density at radius 3 is 2.05 bits per heavy atom. The molecule has 1 unspecified atom stereocenters. The van der Waals surface area contributed by atoms with E-state index in [2.05, 4.69) is 5.32 Å². The van der Waals surface area contributed by atoms with Crippen molar-refractivity contribution < 1.29 is 38.1 Å². The fourth-order valence-electron chi connectivity index (χ4n) is 5.47. The fourth-order valence-corrected chi connectivity index (χ4v) is 5.47. The first kappa shape index (κ1) is 34.9. The standard InChI is InChI=1S/C34H48N2O8/c1-8-40-28-21-34(22-28,32(38)43-11-4)35-33(39)36(17-18-44-25(7)26-15-13-12-14-16-26)23(5)27-19-29(41-9-2)31(24(6)37)30(20-27)42-10-3/h12-16,19-20,23,25,28H,8-11,17-18,21-22H2,1-7H3,(H,35,39)/t23?,25-,28?,34?/m0/s1. The van der Waals surface area contributed by atoms with Crippen LogP contribution in [-0.2, 0) is 19.0 Å². The van der Waals surface area contributed by atoms with Crippen LogP contribution in [0, 0.1) is 0 Å². The summed E-state index contributed by atoms with van der Waals surface area (Å²) >= 11 is 0. The molecule has 1 fully saturated rings. The number of Topliss-reactive ketones (excluding diaryl/α,β-unsaturated/α-hetero) is 1. The van der Waals surface area contributed by atoms with Crippen LogP contribution in [0.4, 0.5) is 4.79 Å². The minimum absolute atomic E-state index is 0.146. The zero-order chi connectivity index (χ0) is 32.3. The van der Waals surface area contributed by atoms with Gasteiger partial charge in [-0.25, -0.2) is 9.59 Å². The Bertz CT molecular complexity index is 1220. The molecule has 0 aliphatic heterocycles. The number of urea groups is 1. The van der Waals surface area contributed by atoms with Gasteiger partial charge in [0.1, 0.15) is 22.6 Å². The van der Waals surface area contributed by atoms with Gasteiger partial charge in [0.15, 0.2) is 5.78 Å². The summed E-state index contributed by atoms with van der Waals surface area (Å²) in [7, 11) is 0. The Labute approximate surface area is 261 Å². The summed E-state index contributed by atoms with van der Waals surface area (Å²) in [6.45, 7) is 14.5. The van der Waals surface area contributed by atoms with Crippen molar-refractivity contribution >= 4 is 17.8 Å². The molecule has 0 heterocycles. The average Bonchev–Trinajstić information content (AvgIpc) is 2.98. The number of rotatable bonds is 17. The van der Waals surface area contributed by atoms with Crippen molar-refractivity contribution in [2.45, 2.75) is 85.1 Å². The molecule has 44 heavy (non-hydrogen) atoms. The number of hydrogen-bond donors (Lipinski definition) is 1. The molecule has 1 aliphatic carbocycles. The van der Waals surface area contributed by atoms with E-state index in [9.17, 15) is 14.4 Å². The Balaban J connectivity index is 1.94. The van der Waals surface area contributed by atoms with Crippen LogP contribution >= 0.6 is 0 Å². The highest BCUT2D eigenvalue weighted by atomic mass is 16.5. The maximum atomic E-state index is 14.1. The van der Waals surface area contributed by atoms with Gasteiger partial charge in [0, 0.05) is 26.0 Å². The van der Waals surface area contributed by atoms with Crippen molar-refractivity contribution in [2.75, 3.05) is 39.6 Å². The molecule has 0 radical (unpaired) electrons. The SMILES string of the molecule is CCOC(=O)C1(NC(=O)N(CCO[C@@H](C)c2ccccc2)C(C)c2cc(OCC)c(C(C)=O)c(OCC)c2)CC(OCC)C1. The molecular weight excluding hydrogens is 564 g/mol. The zero-order valence-electron chi connectivity index (χ0n) is 27.1. The van der Waals surface area contributed by atoms with Crippen LogP contribution in [0.15, 0.2) is 42.5 Å². The number of carbonyl (C=O) groups excluding carboxylic acids is 3. The van der Waals surface area contributed by atoms with Crippen molar-refractivity contribution in [3.05, 3.63) is 59.2 Å². The zero-order valence-corrected chi connectivity index (χ0v) is 27.1. The van der Waals surface area contributed by atoms with E-state index in [0.717, 1.165) is 5.56 Å². The number of amides is 2. The summed E-state index contributed by atoms with van der Waals surface area (Å²) in [5, 5.41) is 2.99. The molecule has 0 spiro atoms. The van der Waals surface area contributed by atoms with Crippen molar-refractivity contribution in [1.29, 1.82) is 0 Å². The van der Waals surface area contributed by atoms with E-state index in [4.69, 9.17) is 23.7 Å². The summed E-state index contributed by atoms with van der Waals surface area (Å²) < 4.78 is 28.9. The van der Waals surface area contributed by atoms with E-state index in [1.807, 2.05) is 65.0 Å². The lowest BCUT2D eigenvalue weighted by Gasteiger charge is -2.46. The maximum Gasteiger partial charge on any atom is 0.332 e. The highest BCUT2D eigenvalue weighted by molar-refractivity contribution is 6.00. The Morgan fingerprint density at radius 2 is 1.52 bits per heavy atom. The van der Waals surface area contributed by atoms with Gasteiger partial charge >= 0.3 is 12.0 Å². The lowest BCUT2D eigenvalue weighted by molar-refractivity contribution is -0.163. The molecule has 2 aromatic rings. The number of carbonyl (C=O) groups is 3. The molecule has 2 amide bonds. The molecule has 0 saturated heterocycles. The molecule has 242 valence electrons. The number of hydrogen-bond acceptors (Lipinski definition) is 8. The van der Waals surface area contributed by atoms with Gasteiger partial charge in [-0.15, -0.1) is 0 Å². The quantitative estimate of drug-likeness (QED) is 0.170. The summed E-state index contributed by atoms with van der Waals surface area (Å²) in [5.74, 6) is 0.125. The summed E-state index contributed by atoms with van der Waals surface area (Å²) in [4.78, 5) is 41.4. The van der Waals surface area contributed by atoms with Gasteiger partial charge in [-0.3, -0.25) is 4.79 Å². The van der Waals surface area contributed by atoms with Gasteiger partial charge < -0.3 is 33.9 Å². The summed E-state index contributed by atoms with van der Waals surface area (Å²) in [6.07, 6.45) is 0.314. The molecule has 10 heteroatoms. The highest BCUT2D eigenvalue weighted by Gasteiger charge is 2.53. The highest BCUT2D eigenvalue weighted by Crippen LogP contribution is 2.38. The van der Waals surface area contributed by atoms with Crippen LogP contribution in [0.25, 0.3) is 0 Å². The van der Waals surface area contributed by atoms with E-state index >= 15 is 0 Å². The first-order chi connectivity index (χ1) is 21.1. The lowest BCUT2D eigenvalue weighted by Crippen LogP contribution is -2.67. The number of nitrogens with zero attached hydrogens (tertiary/aromatic N) is 1. The van der Waals surface area contributed by atoms with E-state index in [1.54, 1.807) is 24.0 Å². The van der Waals surface area contributed by atoms with Gasteiger partial charge in [0.05, 0.1) is 44.7 Å². The number of ketones is 1. The van der Waals surface area contributed by atoms with Crippen LogP contribution in [0.5, 0.6) is 11.5 Å². The van der Waals surface area contributed by atoms with E-state index in [0.29, 0.717) is 55.3 Å². The molecule has 10 nitrogen and oxygen atoms in total. The molecule has 1 saturated carbocycles. The Morgan fingerprint density at radius 1 is 0.909 bits per heavy atom. The van der Waals surface area contributed by atoms with Gasteiger partial charge in [0.2, 0.25) is 0 Å². The van der Waals surface area contributed by atoms with E-state index in [1.165, 1.54) is 6.92 Å². The molecule has 1 N–H and O–H groups in total. The molecular formula is C34H48N2O8. The third-order valence-corrected chi connectivity index (χ3v) is 7.79. The van der Waals surface area contributed by atoms with Crippen LogP contribution in [-0.4, -0.2) is 73.9 Å². The number of benzene rings is 2.